The van der Waals surface area contributed by atoms with Crippen LogP contribution in [-0.2, 0) is 20.7 Å². The van der Waals surface area contributed by atoms with Gasteiger partial charge in [-0.15, -0.1) is 0 Å². The first kappa shape index (κ1) is 23.0. The number of aliphatic carboxylic acids is 1. The molecule has 3 aliphatic carbocycles. The van der Waals surface area contributed by atoms with Crippen LogP contribution >= 0.6 is 0 Å². The van der Waals surface area contributed by atoms with Crippen LogP contribution in [0.3, 0.4) is 0 Å². The van der Waals surface area contributed by atoms with Gasteiger partial charge in [0, 0.05) is 0 Å². The Morgan fingerprint density at radius 2 is 1.88 bits per heavy atom. The SMILES string of the molecule is C[C@@]12CC[C@H]3c4ccc(O)cc4CC[C@H]3[C@H]1C[C@@H](O[C@H]1O[C@@H](C(=O)O)[C@H](O)[C@@H](O)[C@@H]1O)[C@@H]2O. The van der Waals surface area contributed by atoms with Gasteiger partial charge in [-0.25, -0.2) is 4.79 Å². The maximum absolute atomic E-state index is 11.4. The molecule has 1 aromatic rings. The molecule has 0 amide bonds. The zero-order chi connectivity index (χ0) is 23.7. The minimum Gasteiger partial charge on any atom is -0.508 e. The summed E-state index contributed by atoms with van der Waals surface area (Å²) in [7, 11) is 0. The number of carbonyl (C=O) groups is 1. The number of aryl methyl sites for hydroxylation is 1. The van der Waals surface area contributed by atoms with Gasteiger partial charge < -0.3 is 40.1 Å². The van der Waals surface area contributed by atoms with E-state index in [0.717, 1.165) is 25.7 Å². The van der Waals surface area contributed by atoms with Crippen LogP contribution in [0.2, 0.25) is 0 Å². The number of carboxylic acids is 1. The Kier molecular flexibility index (Phi) is 5.70. The van der Waals surface area contributed by atoms with Crippen LogP contribution in [0.1, 0.15) is 49.7 Å². The Morgan fingerprint density at radius 1 is 1.12 bits per heavy atom. The number of ether oxygens (including phenoxy) is 2. The highest BCUT2D eigenvalue weighted by Gasteiger charge is 2.59. The van der Waals surface area contributed by atoms with Crippen molar-refractivity contribution in [3.63, 3.8) is 0 Å². The molecule has 3 fully saturated rings. The smallest absolute Gasteiger partial charge is 0.335 e. The van der Waals surface area contributed by atoms with E-state index in [-0.39, 0.29) is 11.7 Å². The van der Waals surface area contributed by atoms with Gasteiger partial charge in [-0.05, 0) is 78.5 Å². The first-order valence-electron chi connectivity index (χ1n) is 11.7. The van der Waals surface area contributed by atoms with Gasteiger partial charge in [0.2, 0.25) is 0 Å². The second kappa shape index (κ2) is 8.18. The topological polar surface area (TPSA) is 157 Å². The lowest BCUT2D eigenvalue weighted by Crippen LogP contribution is -2.61. The minimum absolute atomic E-state index is 0.157. The summed E-state index contributed by atoms with van der Waals surface area (Å²) < 4.78 is 11.2. The van der Waals surface area contributed by atoms with Gasteiger partial charge in [-0.1, -0.05) is 13.0 Å². The summed E-state index contributed by atoms with van der Waals surface area (Å²) in [6, 6.07) is 5.58. The molecule has 2 saturated carbocycles. The third kappa shape index (κ3) is 3.57. The maximum Gasteiger partial charge on any atom is 0.335 e. The normalized spacial score (nSPS) is 46.8. The number of phenolic OH excluding ortho intramolecular Hbond substituents is 1. The van der Waals surface area contributed by atoms with Crippen LogP contribution in [0.4, 0.5) is 0 Å². The second-order valence-corrected chi connectivity index (χ2v) is 10.4. The monoisotopic (exact) mass is 464 g/mol. The Bertz CT molecular complexity index is 921. The molecule has 33 heavy (non-hydrogen) atoms. The number of hydrogen-bond donors (Lipinski definition) is 6. The summed E-state index contributed by atoms with van der Waals surface area (Å²) in [5, 5.41) is 60.7. The van der Waals surface area contributed by atoms with Crippen molar-refractivity contribution in [3.8, 4) is 5.75 Å². The molecule has 4 aliphatic rings. The molecule has 1 aliphatic heterocycles. The lowest BCUT2D eigenvalue weighted by atomic mass is 9.55. The Morgan fingerprint density at radius 3 is 2.61 bits per heavy atom. The largest absolute Gasteiger partial charge is 0.508 e. The number of hydrogen-bond acceptors (Lipinski definition) is 8. The average Bonchev–Trinajstić information content (AvgIpc) is 3.03. The van der Waals surface area contributed by atoms with E-state index in [1.807, 2.05) is 12.1 Å². The predicted molar refractivity (Wildman–Crippen MR) is 113 cm³/mol. The molecule has 0 bridgehead atoms. The van der Waals surface area contributed by atoms with Gasteiger partial charge in [-0.3, -0.25) is 0 Å². The lowest BCUT2D eigenvalue weighted by molar-refractivity contribution is -0.309. The van der Waals surface area contributed by atoms with Crippen molar-refractivity contribution in [3.05, 3.63) is 29.3 Å². The molecule has 9 heteroatoms. The second-order valence-electron chi connectivity index (χ2n) is 10.4. The summed E-state index contributed by atoms with van der Waals surface area (Å²) in [5.41, 5.74) is 2.04. The molecule has 182 valence electrons. The number of carboxylic acid groups (broad SMARTS) is 1. The van der Waals surface area contributed by atoms with Crippen molar-refractivity contribution in [1.82, 2.24) is 0 Å². The maximum atomic E-state index is 11.4. The molecule has 1 heterocycles. The van der Waals surface area contributed by atoms with E-state index in [9.17, 15) is 35.4 Å². The van der Waals surface area contributed by atoms with Crippen molar-refractivity contribution in [1.29, 1.82) is 0 Å². The standard InChI is InChI=1S/C24H32O9/c1-24-7-6-13-12-5-3-11(25)8-10(12)2-4-14(13)15(24)9-16(21(24)29)32-23-19(28)17(26)18(27)20(33-23)22(30)31/h3,5,8,13-21,23,25-29H,2,4,6-7,9H2,1H3,(H,30,31)/t13-,14+,15+,16+,17+,18+,19-,20+,21-,23-,24+/m0/s1. The van der Waals surface area contributed by atoms with E-state index in [1.165, 1.54) is 11.1 Å². The molecule has 0 radical (unpaired) electrons. The highest BCUT2D eigenvalue weighted by molar-refractivity contribution is 5.73. The van der Waals surface area contributed by atoms with Gasteiger partial charge in [0.25, 0.3) is 0 Å². The van der Waals surface area contributed by atoms with Crippen LogP contribution in [0.15, 0.2) is 18.2 Å². The number of phenols is 1. The first-order chi connectivity index (χ1) is 15.6. The van der Waals surface area contributed by atoms with Crippen molar-refractivity contribution >= 4 is 5.97 Å². The molecular formula is C24H32O9. The summed E-state index contributed by atoms with van der Waals surface area (Å²) in [5.74, 6) is -0.367. The Balaban J connectivity index is 1.36. The van der Waals surface area contributed by atoms with E-state index in [0.29, 0.717) is 18.3 Å². The Labute approximate surface area is 191 Å². The van der Waals surface area contributed by atoms with Gasteiger partial charge in [-0.2, -0.15) is 0 Å². The molecule has 0 spiro atoms. The van der Waals surface area contributed by atoms with Crippen molar-refractivity contribution in [2.45, 2.75) is 87.9 Å². The van der Waals surface area contributed by atoms with Gasteiger partial charge >= 0.3 is 5.97 Å². The van der Waals surface area contributed by atoms with Crippen LogP contribution in [0, 0.1) is 17.3 Å². The zero-order valence-electron chi connectivity index (χ0n) is 18.4. The number of aromatic hydroxyl groups is 1. The molecule has 11 atom stereocenters. The molecule has 5 rings (SSSR count). The lowest BCUT2D eigenvalue weighted by Gasteiger charge is -2.49. The van der Waals surface area contributed by atoms with E-state index in [4.69, 9.17) is 9.47 Å². The van der Waals surface area contributed by atoms with E-state index < -0.39 is 54.3 Å². The fourth-order valence-corrected chi connectivity index (χ4v) is 7.00. The van der Waals surface area contributed by atoms with Gasteiger partial charge in [0.15, 0.2) is 12.4 Å². The quantitative estimate of drug-likeness (QED) is 0.375. The number of benzene rings is 1. The number of fused-ring (bicyclic) bond motifs is 5. The average molecular weight is 465 g/mol. The highest BCUT2D eigenvalue weighted by atomic mass is 16.7. The number of aliphatic hydroxyl groups is 4. The predicted octanol–water partition coefficient (Wildman–Crippen LogP) is 0.496. The third-order valence-corrected chi connectivity index (χ3v) is 8.78. The van der Waals surface area contributed by atoms with Crippen LogP contribution < -0.4 is 0 Å². The third-order valence-electron chi connectivity index (χ3n) is 8.78. The summed E-state index contributed by atoms with van der Waals surface area (Å²) >= 11 is 0. The molecule has 6 N–H and O–H groups in total. The fourth-order valence-electron chi connectivity index (χ4n) is 7.00. The highest BCUT2D eigenvalue weighted by Crippen LogP contribution is 2.61. The molecule has 9 nitrogen and oxygen atoms in total. The van der Waals surface area contributed by atoms with Crippen molar-refractivity contribution in [2.24, 2.45) is 17.3 Å². The summed E-state index contributed by atoms with van der Waals surface area (Å²) in [6.45, 7) is 2.06. The number of aliphatic hydroxyl groups excluding tert-OH is 4. The summed E-state index contributed by atoms with van der Waals surface area (Å²) in [6.07, 6.45) is -5.89. The van der Waals surface area contributed by atoms with Crippen molar-refractivity contribution < 1.29 is 44.9 Å². The van der Waals surface area contributed by atoms with Crippen LogP contribution in [-0.4, -0.2) is 79.5 Å². The first-order valence-corrected chi connectivity index (χ1v) is 11.7. The molecule has 1 saturated heterocycles. The number of rotatable bonds is 3. The fraction of sp³-hybridized carbons (Fsp3) is 0.708. The van der Waals surface area contributed by atoms with Gasteiger partial charge in [0.1, 0.15) is 24.1 Å². The minimum atomic E-state index is -1.78. The van der Waals surface area contributed by atoms with E-state index in [1.54, 1.807) is 6.07 Å². The molecule has 0 aromatic heterocycles. The molecular weight excluding hydrogens is 432 g/mol. The molecule has 0 unspecified atom stereocenters. The summed E-state index contributed by atoms with van der Waals surface area (Å²) in [4.78, 5) is 11.4. The van der Waals surface area contributed by atoms with Crippen LogP contribution in [0.25, 0.3) is 0 Å². The van der Waals surface area contributed by atoms with E-state index in [2.05, 4.69) is 6.92 Å². The van der Waals surface area contributed by atoms with Crippen molar-refractivity contribution in [2.75, 3.05) is 0 Å². The van der Waals surface area contributed by atoms with Gasteiger partial charge in [0.05, 0.1) is 12.2 Å². The molecule has 1 aromatic carbocycles. The zero-order valence-corrected chi connectivity index (χ0v) is 18.4. The van der Waals surface area contributed by atoms with E-state index >= 15 is 0 Å². The van der Waals surface area contributed by atoms with Crippen LogP contribution in [0.5, 0.6) is 5.75 Å². The Hall–Kier alpha value is -1.75.